The van der Waals surface area contributed by atoms with E-state index >= 15 is 4.39 Å². The number of guanidine groups is 2. The van der Waals surface area contributed by atoms with Crippen LogP contribution in [0.3, 0.4) is 0 Å². The van der Waals surface area contributed by atoms with Gasteiger partial charge in [-0.15, -0.1) is 9.98 Å². The lowest BCUT2D eigenvalue weighted by Crippen LogP contribution is -2.48. The largest absolute Gasteiger partial charge is 0.444 e. The molecular weight excluding hydrogens is 804 g/mol. The molecule has 4 rings (SSSR count). The van der Waals surface area contributed by atoms with Crippen LogP contribution in [-0.4, -0.2) is 106 Å². The van der Waals surface area contributed by atoms with Gasteiger partial charge in [0.2, 0.25) is 11.9 Å². The topological polar surface area (TPSA) is 202 Å². The SMILES string of the molecule is CC(C)(C)OC(=O)N=C(NC(=O)OC(C)(C)C)N1CC=C(c2ccc(NC(=O)c3ccc(C4=CCN(C(=NC(=O)OC(C)(C)C)NC(=O)OC(C)(C)C)CC4)c(F)c3)nc2)CC1. The van der Waals surface area contributed by atoms with E-state index in [2.05, 4.69) is 30.9 Å². The first kappa shape index (κ1) is 48.3. The van der Waals surface area contributed by atoms with E-state index in [1.54, 1.807) is 117 Å². The highest BCUT2D eigenvalue weighted by Gasteiger charge is 2.27. The summed E-state index contributed by atoms with van der Waals surface area (Å²) in [6.45, 7) is 21.7. The Bertz CT molecular complexity index is 2140. The zero-order valence-electron chi connectivity index (χ0n) is 37.6. The molecule has 336 valence electrons. The highest BCUT2D eigenvalue weighted by atomic mass is 19.1. The molecule has 0 bridgehead atoms. The van der Waals surface area contributed by atoms with Gasteiger partial charge in [0, 0.05) is 43.5 Å². The fraction of sp³-hybridized carbons (Fsp3) is 0.500. The van der Waals surface area contributed by atoms with E-state index in [0.717, 1.165) is 17.2 Å². The first-order valence-corrected chi connectivity index (χ1v) is 20.2. The van der Waals surface area contributed by atoms with E-state index in [1.807, 2.05) is 6.08 Å². The second-order valence-corrected chi connectivity index (χ2v) is 18.5. The Labute approximate surface area is 362 Å². The van der Waals surface area contributed by atoms with E-state index in [-0.39, 0.29) is 36.4 Å². The molecule has 0 saturated heterocycles. The number of pyridine rings is 1. The fourth-order valence-electron chi connectivity index (χ4n) is 5.88. The van der Waals surface area contributed by atoms with Crippen LogP contribution < -0.4 is 16.0 Å². The number of hydrogen-bond donors (Lipinski definition) is 3. The second-order valence-electron chi connectivity index (χ2n) is 18.5. The van der Waals surface area contributed by atoms with Gasteiger partial charge < -0.3 is 34.1 Å². The van der Waals surface area contributed by atoms with Crippen molar-refractivity contribution in [1.29, 1.82) is 0 Å². The lowest BCUT2D eigenvalue weighted by molar-refractivity contribution is 0.0536. The standard InChI is InChI=1S/C44H59FN8O9/c1-41(2,3)59-37(55)48-35(49-38(56)60-42(4,5)6)52-21-17-27(18-22-52)30-14-16-33(46-26-30)47-34(54)29-13-15-31(32(45)25-29)28-19-23-53(24-20-28)36(50-39(57)61-43(7,8)9)51-40(58)62-44(10,11)12/h13-17,19,25-26H,18,20-24H2,1-12H3,(H,46,47,54)(H,48,49,55,56)(H,50,51,57,58). The third-order valence-corrected chi connectivity index (χ3v) is 8.38. The highest BCUT2D eigenvalue weighted by Crippen LogP contribution is 2.27. The van der Waals surface area contributed by atoms with E-state index in [1.165, 1.54) is 12.1 Å². The van der Waals surface area contributed by atoms with Gasteiger partial charge in [-0.3, -0.25) is 15.4 Å². The van der Waals surface area contributed by atoms with Crippen LogP contribution in [0.15, 0.2) is 58.7 Å². The molecule has 2 aromatic rings. The van der Waals surface area contributed by atoms with Gasteiger partial charge in [-0.25, -0.2) is 28.6 Å². The van der Waals surface area contributed by atoms with Gasteiger partial charge >= 0.3 is 24.4 Å². The van der Waals surface area contributed by atoms with E-state index in [4.69, 9.17) is 18.9 Å². The Morgan fingerprint density at radius 3 is 1.50 bits per heavy atom. The summed E-state index contributed by atoms with van der Waals surface area (Å²) in [5, 5.41) is 7.82. The van der Waals surface area contributed by atoms with E-state index in [9.17, 15) is 24.0 Å². The molecule has 5 amide bonds. The van der Waals surface area contributed by atoms with Crippen LogP contribution in [0.5, 0.6) is 0 Å². The number of carbonyl (C=O) groups excluding carboxylic acids is 5. The van der Waals surface area contributed by atoms with Gasteiger partial charge in [-0.1, -0.05) is 18.2 Å². The van der Waals surface area contributed by atoms with Crippen molar-refractivity contribution < 1.29 is 47.3 Å². The van der Waals surface area contributed by atoms with Crippen LogP contribution >= 0.6 is 0 Å². The predicted octanol–water partition coefficient (Wildman–Crippen LogP) is 8.28. The zero-order valence-corrected chi connectivity index (χ0v) is 37.6. The highest BCUT2D eigenvalue weighted by molar-refractivity contribution is 6.04. The molecule has 0 atom stereocenters. The molecular formula is C44H59FN8O9. The Hall–Kier alpha value is -6.33. The second kappa shape index (κ2) is 19.6. The lowest BCUT2D eigenvalue weighted by Gasteiger charge is -2.30. The van der Waals surface area contributed by atoms with Gasteiger partial charge in [0.05, 0.1) is 0 Å². The van der Waals surface area contributed by atoms with Gasteiger partial charge in [-0.05, 0) is 137 Å². The van der Waals surface area contributed by atoms with Crippen molar-refractivity contribution in [3.05, 3.63) is 71.2 Å². The smallest absolute Gasteiger partial charge is 0.437 e. The molecule has 1 aromatic heterocycles. The maximum absolute atomic E-state index is 15.6. The summed E-state index contributed by atoms with van der Waals surface area (Å²) in [6, 6.07) is 7.64. The van der Waals surface area contributed by atoms with Crippen LogP contribution in [-0.2, 0) is 18.9 Å². The van der Waals surface area contributed by atoms with Crippen LogP contribution in [0.4, 0.5) is 29.4 Å². The maximum atomic E-state index is 15.6. The fourth-order valence-corrected chi connectivity index (χ4v) is 5.88. The normalized spacial score (nSPS) is 15.4. The molecule has 18 heteroatoms. The Balaban J connectivity index is 1.40. The van der Waals surface area contributed by atoms with Gasteiger partial charge in [-0.2, -0.15) is 0 Å². The molecule has 3 heterocycles. The van der Waals surface area contributed by atoms with Crippen LogP contribution in [0.25, 0.3) is 11.1 Å². The predicted molar refractivity (Wildman–Crippen MR) is 233 cm³/mol. The summed E-state index contributed by atoms with van der Waals surface area (Å²) in [4.78, 5) is 79.3. The van der Waals surface area contributed by atoms with Crippen molar-refractivity contribution in [1.82, 2.24) is 25.4 Å². The van der Waals surface area contributed by atoms with Crippen LogP contribution in [0.2, 0.25) is 0 Å². The molecule has 0 spiro atoms. The Kier molecular flexibility index (Phi) is 15.3. The molecule has 17 nitrogen and oxygen atoms in total. The van der Waals surface area contributed by atoms with Gasteiger partial charge in [0.1, 0.15) is 34.0 Å². The third kappa shape index (κ3) is 15.9. The third-order valence-electron chi connectivity index (χ3n) is 8.38. The Morgan fingerprint density at radius 2 is 1.11 bits per heavy atom. The molecule has 1 aromatic carbocycles. The van der Waals surface area contributed by atoms with Crippen molar-refractivity contribution >= 4 is 59.2 Å². The quantitative estimate of drug-likeness (QED) is 0.151. The van der Waals surface area contributed by atoms with Gasteiger partial charge in [0.25, 0.3) is 5.91 Å². The van der Waals surface area contributed by atoms with Crippen molar-refractivity contribution in [2.24, 2.45) is 9.98 Å². The number of aliphatic imine (C=N–C) groups is 2. The number of benzene rings is 1. The molecule has 0 fully saturated rings. The van der Waals surface area contributed by atoms with Crippen molar-refractivity contribution in [2.75, 3.05) is 31.5 Å². The number of hydrogen-bond acceptors (Lipinski definition) is 10. The summed E-state index contributed by atoms with van der Waals surface area (Å²) < 4.78 is 36.9. The summed E-state index contributed by atoms with van der Waals surface area (Å²) in [6.07, 6.45) is 2.82. The average Bonchev–Trinajstić information content (AvgIpc) is 3.11. The molecule has 2 aliphatic heterocycles. The number of nitrogens with one attached hydrogen (secondary N) is 3. The number of anilines is 1. The summed E-state index contributed by atoms with van der Waals surface area (Å²) in [5.41, 5.74) is -0.357. The zero-order chi connectivity index (χ0) is 46.2. The molecule has 0 unspecified atom stereocenters. The number of halogens is 1. The molecule has 62 heavy (non-hydrogen) atoms. The van der Waals surface area contributed by atoms with Crippen molar-refractivity contribution in [2.45, 2.75) is 118 Å². The number of alkyl carbamates (subject to hydrolysis) is 2. The molecule has 3 N–H and O–H groups in total. The number of amides is 5. The Morgan fingerprint density at radius 1 is 0.645 bits per heavy atom. The molecule has 0 radical (unpaired) electrons. The summed E-state index contributed by atoms with van der Waals surface area (Å²) >= 11 is 0. The van der Waals surface area contributed by atoms with Crippen molar-refractivity contribution in [3.63, 3.8) is 0 Å². The monoisotopic (exact) mass is 862 g/mol. The minimum Gasteiger partial charge on any atom is -0.444 e. The van der Waals surface area contributed by atoms with E-state index < -0.39 is 58.5 Å². The summed E-state index contributed by atoms with van der Waals surface area (Å²) in [5.74, 6) is -0.970. The number of nitrogens with zero attached hydrogens (tertiary/aromatic N) is 5. The van der Waals surface area contributed by atoms with Crippen LogP contribution in [0, 0.1) is 5.82 Å². The minimum atomic E-state index is -0.894. The number of carbonyl (C=O) groups is 5. The number of rotatable bonds is 4. The maximum Gasteiger partial charge on any atom is 0.437 e. The molecule has 0 saturated carbocycles. The molecule has 0 aliphatic carbocycles. The van der Waals surface area contributed by atoms with E-state index in [0.29, 0.717) is 37.1 Å². The molecule has 2 aliphatic rings. The average molecular weight is 863 g/mol. The number of ether oxygens (including phenoxy) is 4. The lowest BCUT2D eigenvalue weighted by atomic mass is 9.97. The van der Waals surface area contributed by atoms with Gasteiger partial charge in [0.15, 0.2) is 0 Å². The first-order chi connectivity index (χ1) is 28.6. The first-order valence-electron chi connectivity index (χ1n) is 20.2. The van der Waals surface area contributed by atoms with Crippen LogP contribution in [0.1, 0.15) is 117 Å². The van der Waals surface area contributed by atoms with Crippen molar-refractivity contribution in [3.8, 4) is 0 Å². The summed E-state index contributed by atoms with van der Waals surface area (Å²) in [7, 11) is 0. The minimum absolute atomic E-state index is 0.00281. The number of aromatic nitrogens is 1.